The van der Waals surface area contributed by atoms with Crippen molar-refractivity contribution in [2.45, 2.75) is 0 Å². The summed E-state index contributed by atoms with van der Waals surface area (Å²) in [6.07, 6.45) is 0. The van der Waals surface area contributed by atoms with Crippen LogP contribution in [0.2, 0.25) is 15.1 Å². The monoisotopic (exact) mass is 299 g/mol. The van der Waals surface area contributed by atoms with Crippen LogP contribution in [-0.2, 0) is 0 Å². The molecule has 0 saturated heterocycles. The van der Waals surface area contributed by atoms with Crippen molar-refractivity contribution in [1.29, 1.82) is 0 Å². The Labute approximate surface area is 119 Å². The average Bonchev–Trinajstić information content (AvgIpc) is 2.32. The molecule has 0 aliphatic rings. The molecule has 2 nitrogen and oxygen atoms in total. The second-order valence-electron chi connectivity index (χ2n) is 3.69. The number of carbonyl (C=O) groups is 1. The molecule has 0 spiro atoms. The molecule has 0 bridgehead atoms. The molecule has 92 valence electrons. The molecule has 0 aliphatic carbocycles. The molecule has 2 rings (SSSR count). The summed E-state index contributed by atoms with van der Waals surface area (Å²) in [5.41, 5.74) is 6.82. The lowest BCUT2D eigenvalue weighted by Crippen LogP contribution is -2.03. The zero-order valence-corrected chi connectivity index (χ0v) is 11.4. The van der Waals surface area contributed by atoms with Crippen LogP contribution in [-0.4, -0.2) is 5.78 Å². The van der Waals surface area contributed by atoms with E-state index in [1.54, 1.807) is 24.3 Å². The fraction of sp³-hybridized carbons (Fsp3) is 0. The summed E-state index contributed by atoms with van der Waals surface area (Å²) in [6.45, 7) is 0. The van der Waals surface area contributed by atoms with Crippen LogP contribution in [0.1, 0.15) is 15.9 Å². The Balaban J connectivity index is 2.44. The van der Waals surface area contributed by atoms with Crippen molar-refractivity contribution in [2.75, 3.05) is 5.73 Å². The molecule has 0 saturated carbocycles. The predicted molar refractivity (Wildman–Crippen MR) is 75.8 cm³/mol. The highest BCUT2D eigenvalue weighted by molar-refractivity contribution is 6.37. The Morgan fingerprint density at radius 2 is 1.67 bits per heavy atom. The molecule has 0 radical (unpaired) electrons. The van der Waals surface area contributed by atoms with Crippen LogP contribution < -0.4 is 5.73 Å². The lowest BCUT2D eigenvalue weighted by Gasteiger charge is -2.06. The van der Waals surface area contributed by atoms with Crippen molar-refractivity contribution in [3.63, 3.8) is 0 Å². The van der Waals surface area contributed by atoms with E-state index in [-0.39, 0.29) is 5.78 Å². The van der Waals surface area contributed by atoms with Gasteiger partial charge in [0.25, 0.3) is 0 Å². The maximum absolute atomic E-state index is 12.2. The van der Waals surface area contributed by atoms with Crippen molar-refractivity contribution in [2.24, 2.45) is 0 Å². The van der Waals surface area contributed by atoms with E-state index in [0.717, 1.165) is 0 Å². The molecule has 18 heavy (non-hydrogen) atoms. The summed E-state index contributed by atoms with van der Waals surface area (Å²) >= 11 is 17.6. The van der Waals surface area contributed by atoms with E-state index in [9.17, 15) is 4.79 Å². The van der Waals surface area contributed by atoms with Gasteiger partial charge in [-0.25, -0.2) is 0 Å². The highest BCUT2D eigenvalue weighted by atomic mass is 35.5. The predicted octanol–water partition coefficient (Wildman–Crippen LogP) is 4.46. The van der Waals surface area contributed by atoms with Crippen LogP contribution in [0.5, 0.6) is 0 Å². The molecular weight excluding hydrogens is 293 g/mol. The third kappa shape index (κ3) is 2.61. The maximum atomic E-state index is 12.2. The molecule has 0 amide bonds. The normalized spacial score (nSPS) is 10.4. The molecule has 0 unspecified atom stereocenters. The zero-order valence-electron chi connectivity index (χ0n) is 9.08. The third-order valence-corrected chi connectivity index (χ3v) is 3.33. The number of hydrogen-bond acceptors (Lipinski definition) is 2. The first kappa shape index (κ1) is 13.2. The van der Waals surface area contributed by atoms with Gasteiger partial charge in [-0.15, -0.1) is 0 Å². The van der Waals surface area contributed by atoms with Crippen LogP contribution in [0, 0.1) is 0 Å². The van der Waals surface area contributed by atoms with E-state index in [4.69, 9.17) is 40.5 Å². The van der Waals surface area contributed by atoms with Gasteiger partial charge in [-0.2, -0.15) is 0 Å². The van der Waals surface area contributed by atoms with E-state index in [1.807, 2.05) is 0 Å². The SMILES string of the molecule is Nc1cc(C(=O)c2ccc(Cl)cc2Cl)ccc1Cl. The maximum Gasteiger partial charge on any atom is 0.194 e. The number of nitrogens with two attached hydrogens (primary N) is 1. The summed E-state index contributed by atoms with van der Waals surface area (Å²) in [5, 5.41) is 1.20. The van der Waals surface area contributed by atoms with Gasteiger partial charge in [-0.3, -0.25) is 4.79 Å². The first-order valence-corrected chi connectivity index (χ1v) is 6.17. The molecule has 2 aromatic rings. The zero-order chi connectivity index (χ0) is 13.3. The van der Waals surface area contributed by atoms with Gasteiger partial charge in [-0.1, -0.05) is 34.8 Å². The summed E-state index contributed by atoms with van der Waals surface area (Å²) in [6, 6.07) is 9.42. The Hall–Kier alpha value is -1.22. The number of carbonyl (C=O) groups excluding carboxylic acids is 1. The van der Waals surface area contributed by atoms with Crippen molar-refractivity contribution in [3.05, 3.63) is 62.6 Å². The van der Waals surface area contributed by atoms with Crippen LogP contribution >= 0.6 is 34.8 Å². The van der Waals surface area contributed by atoms with Crippen molar-refractivity contribution in [3.8, 4) is 0 Å². The Morgan fingerprint density at radius 1 is 0.944 bits per heavy atom. The molecule has 0 aliphatic heterocycles. The lowest BCUT2D eigenvalue weighted by atomic mass is 10.0. The van der Waals surface area contributed by atoms with E-state index < -0.39 is 0 Å². The van der Waals surface area contributed by atoms with Crippen LogP contribution in [0.4, 0.5) is 5.69 Å². The minimum atomic E-state index is -0.222. The number of halogens is 3. The third-order valence-electron chi connectivity index (χ3n) is 2.43. The first-order valence-electron chi connectivity index (χ1n) is 5.04. The second kappa shape index (κ2) is 5.19. The molecular formula is C13H8Cl3NO. The fourth-order valence-electron chi connectivity index (χ4n) is 1.51. The molecule has 0 atom stereocenters. The van der Waals surface area contributed by atoms with Gasteiger partial charge in [0, 0.05) is 16.1 Å². The Bertz CT molecular complexity index is 626. The minimum Gasteiger partial charge on any atom is -0.398 e. The van der Waals surface area contributed by atoms with E-state index in [0.29, 0.717) is 31.9 Å². The number of nitrogen functional groups attached to an aromatic ring is 1. The van der Waals surface area contributed by atoms with Gasteiger partial charge in [-0.05, 0) is 36.4 Å². The van der Waals surface area contributed by atoms with Gasteiger partial charge < -0.3 is 5.73 Å². The molecule has 0 heterocycles. The second-order valence-corrected chi connectivity index (χ2v) is 4.94. The van der Waals surface area contributed by atoms with Gasteiger partial charge in [0.05, 0.1) is 15.7 Å². The smallest absolute Gasteiger partial charge is 0.194 e. The van der Waals surface area contributed by atoms with Gasteiger partial charge in [0.2, 0.25) is 0 Å². The standard InChI is InChI=1S/C13H8Cl3NO/c14-8-2-3-9(11(16)6-8)13(18)7-1-4-10(15)12(17)5-7/h1-6H,17H2. The van der Waals surface area contributed by atoms with Crippen LogP contribution in [0.15, 0.2) is 36.4 Å². The molecule has 0 aromatic heterocycles. The molecule has 2 N–H and O–H groups in total. The molecule has 0 fully saturated rings. The van der Waals surface area contributed by atoms with Crippen LogP contribution in [0.25, 0.3) is 0 Å². The first-order chi connectivity index (χ1) is 8.49. The Kier molecular flexibility index (Phi) is 3.81. The minimum absolute atomic E-state index is 0.222. The largest absolute Gasteiger partial charge is 0.398 e. The van der Waals surface area contributed by atoms with Gasteiger partial charge >= 0.3 is 0 Å². The van der Waals surface area contributed by atoms with Gasteiger partial charge in [0.15, 0.2) is 5.78 Å². The fourth-order valence-corrected chi connectivity index (χ4v) is 2.13. The topological polar surface area (TPSA) is 43.1 Å². The molecule has 2 aromatic carbocycles. The van der Waals surface area contributed by atoms with E-state index in [2.05, 4.69) is 0 Å². The number of hydrogen-bond donors (Lipinski definition) is 1. The van der Waals surface area contributed by atoms with Crippen molar-refractivity contribution < 1.29 is 4.79 Å². The van der Waals surface area contributed by atoms with Crippen LogP contribution in [0.3, 0.4) is 0 Å². The molecule has 5 heteroatoms. The summed E-state index contributed by atoms with van der Waals surface area (Å²) in [5.74, 6) is -0.222. The Morgan fingerprint density at radius 3 is 2.28 bits per heavy atom. The summed E-state index contributed by atoms with van der Waals surface area (Å²) < 4.78 is 0. The average molecular weight is 301 g/mol. The number of anilines is 1. The summed E-state index contributed by atoms with van der Waals surface area (Å²) in [7, 11) is 0. The number of ketones is 1. The number of rotatable bonds is 2. The highest BCUT2D eigenvalue weighted by Crippen LogP contribution is 2.26. The highest BCUT2D eigenvalue weighted by Gasteiger charge is 2.14. The summed E-state index contributed by atoms with van der Waals surface area (Å²) in [4.78, 5) is 12.2. The van der Waals surface area contributed by atoms with Gasteiger partial charge in [0.1, 0.15) is 0 Å². The lowest BCUT2D eigenvalue weighted by molar-refractivity contribution is 0.103. The van der Waals surface area contributed by atoms with E-state index >= 15 is 0 Å². The van der Waals surface area contributed by atoms with Crippen molar-refractivity contribution in [1.82, 2.24) is 0 Å². The van der Waals surface area contributed by atoms with Crippen molar-refractivity contribution >= 4 is 46.3 Å². The number of benzene rings is 2. The van der Waals surface area contributed by atoms with E-state index in [1.165, 1.54) is 12.1 Å². The quantitative estimate of drug-likeness (QED) is 0.657.